The third kappa shape index (κ3) is 4.43. The van der Waals surface area contributed by atoms with Crippen molar-refractivity contribution in [3.05, 3.63) is 60.3 Å². The number of benzene rings is 2. The first-order chi connectivity index (χ1) is 13.7. The molecule has 2 heterocycles. The van der Waals surface area contributed by atoms with E-state index in [-0.39, 0.29) is 12.0 Å². The number of piperidine rings is 1. The summed E-state index contributed by atoms with van der Waals surface area (Å²) in [5.41, 5.74) is 4.05. The van der Waals surface area contributed by atoms with Crippen LogP contribution in [0.2, 0.25) is 0 Å². The molecule has 1 atom stereocenters. The van der Waals surface area contributed by atoms with Gasteiger partial charge in [0.15, 0.2) is 0 Å². The molecule has 1 aromatic heterocycles. The van der Waals surface area contributed by atoms with Gasteiger partial charge in [-0.25, -0.2) is 0 Å². The van der Waals surface area contributed by atoms with Gasteiger partial charge < -0.3 is 20.3 Å². The molecule has 5 heteroatoms. The zero-order valence-corrected chi connectivity index (χ0v) is 16.0. The molecule has 1 aliphatic heterocycles. The molecule has 28 heavy (non-hydrogen) atoms. The number of carbonyl (C=O) groups is 1. The summed E-state index contributed by atoms with van der Waals surface area (Å²) in [7, 11) is 0. The lowest BCUT2D eigenvalue weighted by Gasteiger charge is -2.29. The minimum Gasteiger partial charge on any atom is -0.392 e. The van der Waals surface area contributed by atoms with Gasteiger partial charge in [-0.2, -0.15) is 0 Å². The highest BCUT2D eigenvalue weighted by atomic mass is 16.3. The zero-order valence-electron chi connectivity index (χ0n) is 16.0. The van der Waals surface area contributed by atoms with Crippen LogP contribution in [-0.2, 0) is 0 Å². The molecule has 2 aromatic carbocycles. The van der Waals surface area contributed by atoms with E-state index in [0.29, 0.717) is 12.1 Å². The van der Waals surface area contributed by atoms with Gasteiger partial charge in [-0.1, -0.05) is 18.2 Å². The molecule has 1 amide bonds. The third-order valence-corrected chi connectivity index (χ3v) is 5.45. The maximum Gasteiger partial charge on any atom is 0.251 e. The number of nitrogens with zero attached hydrogens (tertiary/aromatic N) is 1. The highest BCUT2D eigenvalue weighted by Crippen LogP contribution is 2.24. The number of aliphatic hydroxyl groups excluding tert-OH is 1. The first kappa shape index (κ1) is 18.7. The number of aliphatic hydroxyl groups is 1. The molecule has 0 bridgehead atoms. The average Bonchev–Trinajstić information content (AvgIpc) is 3.19. The average molecular weight is 377 g/mol. The zero-order chi connectivity index (χ0) is 19.3. The van der Waals surface area contributed by atoms with E-state index in [2.05, 4.69) is 39.5 Å². The molecule has 0 saturated carbocycles. The van der Waals surface area contributed by atoms with Crippen LogP contribution in [0.15, 0.2) is 54.7 Å². The fourth-order valence-corrected chi connectivity index (χ4v) is 3.89. The number of aromatic amines is 1. The number of carbonyl (C=O) groups excluding carboxylic acids is 1. The second-order valence-electron chi connectivity index (χ2n) is 7.56. The lowest BCUT2D eigenvalue weighted by atomic mass is 10.0. The minimum absolute atomic E-state index is 0.0358. The summed E-state index contributed by atoms with van der Waals surface area (Å²) >= 11 is 0. The van der Waals surface area contributed by atoms with E-state index >= 15 is 0 Å². The number of β-amino-alcohol motifs (C(OH)–C–C–N with tert-alkyl or cyclic N) is 1. The number of hydrogen-bond acceptors (Lipinski definition) is 3. The summed E-state index contributed by atoms with van der Waals surface area (Å²) in [4.78, 5) is 17.8. The van der Waals surface area contributed by atoms with Gasteiger partial charge in [0, 0.05) is 30.4 Å². The van der Waals surface area contributed by atoms with E-state index < -0.39 is 0 Å². The Morgan fingerprint density at radius 1 is 1.14 bits per heavy atom. The van der Waals surface area contributed by atoms with Crippen molar-refractivity contribution in [3.8, 4) is 11.1 Å². The Morgan fingerprint density at radius 2 is 1.96 bits per heavy atom. The third-order valence-electron chi connectivity index (χ3n) is 5.45. The van der Waals surface area contributed by atoms with Crippen LogP contribution in [-0.4, -0.2) is 53.2 Å². The predicted molar refractivity (Wildman–Crippen MR) is 112 cm³/mol. The van der Waals surface area contributed by atoms with Gasteiger partial charge in [0.25, 0.3) is 5.91 Å². The van der Waals surface area contributed by atoms with E-state index in [4.69, 9.17) is 0 Å². The molecule has 0 unspecified atom stereocenters. The van der Waals surface area contributed by atoms with Crippen LogP contribution in [0, 0.1) is 0 Å². The number of aromatic nitrogens is 1. The molecule has 1 saturated heterocycles. The van der Waals surface area contributed by atoms with Crippen LogP contribution < -0.4 is 5.32 Å². The summed E-state index contributed by atoms with van der Waals surface area (Å²) in [5, 5.41) is 13.9. The molecule has 0 aliphatic carbocycles. The Hall–Kier alpha value is -2.63. The molecule has 5 nitrogen and oxygen atoms in total. The molecule has 0 radical (unpaired) electrons. The van der Waals surface area contributed by atoms with Gasteiger partial charge in [-0.15, -0.1) is 0 Å². The van der Waals surface area contributed by atoms with Gasteiger partial charge in [0.2, 0.25) is 0 Å². The summed E-state index contributed by atoms with van der Waals surface area (Å²) in [6, 6.07) is 16.1. The normalized spacial score (nSPS) is 17.7. The van der Waals surface area contributed by atoms with Gasteiger partial charge in [-0.05, 0) is 79.2 Å². The number of hydrogen-bond donors (Lipinski definition) is 3. The van der Waals surface area contributed by atoms with Crippen LogP contribution in [0.25, 0.3) is 22.0 Å². The Morgan fingerprint density at radius 3 is 2.79 bits per heavy atom. The Kier molecular flexibility index (Phi) is 5.74. The predicted octanol–water partition coefficient (Wildman–Crippen LogP) is 3.41. The van der Waals surface area contributed by atoms with Crippen molar-refractivity contribution in [2.45, 2.75) is 25.4 Å². The largest absolute Gasteiger partial charge is 0.392 e. The van der Waals surface area contributed by atoms with Crippen LogP contribution >= 0.6 is 0 Å². The Labute approximate surface area is 165 Å². The summed E-state index contributed by atoms with van der Waals surface area (Å²) in [6.07, 6.45) is 4.60. The molecule has 0 spiro atoms. The van der Waals surface area contributed by atoms with Crippen molar-refractivity contribution in [1.29, 1.82) is 0 Å². The number of rotatable bonds is 6. The van der Waals surface area contributed by atoms with Gasteiger partial charge in [0.05, 0.1) is 6.10 Å². The van der Waals surface area contributed by atoms with Gasteiger partial charge in [0.1, 0.15) is 0 Å². The molecule has 1 fully saturated rings. The lowest BCUT2D eigenvalue weighted by molar-refractivity contribution is 0.0697. The van der Waals surface area contributed by atoms with E-state index in [9.17, 15) is 9.90 Å². The van der Waals surface area contributed by atoms with Crippen LogP contribution in [0.5, 0.6) is 0 Å². The second kappa shape index (κ2) is 8.59. The van der Waals surface area contributed by atoms with Crippen LogP contribution in [0.1, 0.15) is 29.6 Å². The van der Waals surface area contributed by atoms with Crippen molar-refractivity contribution >= 4 is 16.8 Å². The monoisotopic (exact) mass is 377 g/mol. The topological polar surface area (TPSA) is 68.4 Å². The summed E-state index contributed by atoms with van der Waals surface area (Å²) in [6.45, 7) is 3.36. The molecular weight excluding hydrogens is 350 g/mol. The number of nitrogens with one attached hydrogen (secondary N) is 2. The highest BCUT2D eigenvalue weighted by molar-refractivity contribution is 5.95. The summed E-state index contributed by atoms with van der Waals surface area (Å²) in [5.74, 6) is -0.0358. The smallest absolute Gasteiger partial charge is 0.251 e. The fourth-order valence-electron chi connectivity index (χ4n) is 3.89. The highest BCUT2D eigenvalue weighted by Gasteiger charge is 2.16. The Bertz CT molecular complexity index is 932. The number of fused-ring (bicyclic) bond motifs is 1. The van der Waals surface area contributed by atoms with Gasteiger partial charge in [-0.3, -0.25) is 4.79 Å². The first-order valence-corrected chi connectivity index (χ1v) is 10.1. The van der Waals surface area contributed by atoms with E-state index in [1.54, 1.807) is 0 Å². The quantitative estimate of drug-likeness (QED) is 0.577. The van der Waals surface area contributed by atoms with Crippen molar-refractivity contribution in [3.63, 3.8) is 0 Å². The lowest BCUT2D eigenvalue weighted by Crippen LogP contribution is -2.39. The maximum atomic E-state index is 12.4. The molecule has 4 rings (SSSR count). The minimum atomic E-state index is -0.195. The van der Waals surface area contributed by atoms with Crippen molar-refractivity contribution in [1.82, 2.24) is 15.2 Å². The van der Waals surface area contributed by atoms with E-state index in [1.165, 1.54) is 5.39 Å². The van der Waals surface area contributed by atoms with Crippen LogP contribution in [0.4, 0.5) is 0 Å². The van der Waals surface area contributed by atoms with E-state index in [1.807, 2.05) is 30.5 Å². The number of amides is 1. The molecular formula is C23H27N3O2. The molecule has 1 aliphatic rings. The van der Waals surface area contributed by atoms with Crippen molar-refractivity contribution in [2.24, 2.45) is 0 Å². The second-order valence-corrected chi connectivity index (χ2v) is 7.56. The van der Waals surface area contributed by atoms with Crippen LogP contribution in [0.3, 0.4) is 0 Å². The standard InChI is InChI=1S/C23H27N3O2/c27-21-3-1-13-26(16-21)14-2-11-25-23(28)18-6-4-17(5-7-18)19-8-9-22-20(15-19)10-12-24-22/h4-10,12,15,21,24,27H,1-3,11,13-14,16H2,(H,25,28)/t21-/m0/s1. The molecule has 3 N–H and O–H groups in total. The number of likely N-dealkylation sites (tertiary alicyclic amines) is 1. The maximum absolute atomic E-state index is 12.4. The first-order valence-electron chi connectivity index (χ1n) is 10.1. The molecule has 3 aromatic rings. The van der Waals surface area contributed by atoms with E-state index in [0.717, 1.165) is 55.5 Å². The molecule has 146 valence electrons. The van der Waals surface area contributed by atoms with Crippen molar-refractivity contribution in [2.75, 3.05) is 26.2 Å². The fraction of sp³-hybridized carbons (Fsp3) is 0.348. The van der Waals surface area contributed by atoms with Crippen molar-refractivity contribution < 1.29 is 9.90 Å². The summed E-state index contributed by atoms with van der Waals surface area (Å²) < 4.78 is 0. The SMILES string of the molecule is O=C(NCCCN1CCC[C@H](O)C1)c1ccc(-c2ccc3[nH]ccc3c2)cc1. The Balaban J connectivity index is 1.29. The number of H-pyrrole nitrogens is 1. The van der Waals surface area contributed by atoms with Gasteiger partial charge >= 0.3 is 0 Å².